The molecule has 1 aliphatic rings. The Kier molecular flexibility index (Phi) is 6.75. The topological polar surface area (TPSA) is 67.8 Å². The fraction of sp³-hybridized carbons (Fsp3) is 0.611. The Labute approximate surface area is 149 Å². The van der Waals surface area contributed by atoms with Crippen LogP contribution in [0.2, 0.25) is 0 Å². The van der Waals surface area contributed by atoms with Gasteiger partial charge in [0.05, 0.1) is 12.6 Å². The number of aliphatic hydroxyl groups excluding tert-OH is 1. The van der Waals surface area contributed by atoms with E-state index in [2.05, 4.69) is 27.5 Å². The van der Waals surface area contributed by atoms with Crippen LogP contribution in [-0.4, -0.2) is 73.9 Å². The van der Waals surface area contributed by atoms with E-state index in [0.29, 0.717) is 12.1 Å². The van der Waals surface area contributed by atoms with Gasteiger partial charge in [-0.2, -0.15) is 0 Å². The van der Waals surface area contributed by atoms with Gasteiger partial charge in [-0.3, -0.25) is 0 Å². The Morgan fingerprint density at radius 2 is 1.92 bits per heavy atom. The molecule has 25 heavy (non-hydrogen) atoms. The number of hydrogen-bond acceptors (Lipinski definition) is 4. The molecule has 140 valence electrons. The predicted octanol–water partition coefficient (Wildman–Crippen LogP) is 1.18. The molecule has 3 N–H and O–H groups in total. The molecule has 1 aromatic rings. The third-order valence-electron chi connectivity index (χ3n) is 5.20. The highest BCUT2D eigenvalue weighted by molar-refractivity contribution is 5.74. The first kappa shape index (κ1) is 19.6. The molecule has 1 fully saturated rings. The van der Waals surface area contributed by atoms with E-state index in [9.17, 15) is 14.3 Å². The largest absolute Gasteiger partial charge is 0.394 e. The second-order valence-electron chi connectivity index (χ2n) is 7.04. The van der Waals surface area contributed by atoms with Crippen molar-refractivity contribution in [2.45, 2.75) is 24.4 Å². The summed E-state index contributed by atoms with van der Waals surface area (Å²) in [5.41, 5.74) is 0.606. The molecule has 1 atom stereocenters. The van der Waals surface area contributed by atoms with Crippen molar-refractivity contribution in [3.8, 4) is 0 Å². The second-order valence-corrected chi connectivity index (χ2v) is 7.04. The minimum absolute atomic E-state index is 0.0611. The van der Waals surface area contributed by atoms with Crippen LogP contribution >= 0.6 is 0 Å². The summed E-state index contributed by atoms with van der Waals surface area (Å²) in [7, 11) is 6.19. The number of nitrogens with one attached hydrogen (secondary N) is 2. The number of likely N-dealkylation sites (N-methyl/N-ethyl adjacent to an activating group) is 1. The van der Waals surface area contributed by atoms with Gasteiger partial charge in [0, 0.05) is 12.1 Å². The Bertz CT molecular complexity index is 557. The third kappa shape index (κ3) is 5.14. The summed E-state index contributed by atoms with van der Waals surface area (Å²) in [6.07, 6.45) is 1.97. The Morgan fingerprint density at radius 1 is 1.32 bits per heavy atom. The maximum atomic E-state index is 13.0. The van der Waals surface area contributed by atoms with E-state index < -0.39 is 6.04 Å². The van der Waals surface area contributed by atoms with Gasteiger partial charge in [-0.15, -0.1) is 0 Å². The lowest BCUT2D eigenvalue weighted by Crippen LogP contribution is -2.58. The van der Waals surface area contributed by atoms with Crippen molar-refractivity contribution in [3.63, 3.8) is 0 Å². The fourth-order valence-corrected chi connectivity index (χ4v) is 3.20. The number of urea groups is 1. The van der Waals surface area contributed by atoms with Crippen LogP contribution in [0.15, 0.2) is 24.3 Å². The van der Waals surface area contributed by atoms with Crippen molar-refractivity contribution in [2.24, 2.45) is 0 Å². The Morgan fingerprint density at radius 3 is 2.44 bits per heavy atom. The number of rotatable bonds is 6. The van der Waals surface area contributed by atoms with Crippen LogP contribution in [0.4, 0.5) is 9.18 Å². The highest BCUT2D eigenvalue weighted by Gasteiger charge is 2.36. The average Bonchev–Trinajstić information content (AvgIpc) is 2.60. The normalized spacial score (nSPS) is 18.8. The number of carbonyl (C=O) groups excluding carboxylic acids is 1. The highest BCUT2D eigenvalue weighted by atomic mass is 19.1. The monoisotopic (exact) mass is 352 g/mol. The van der Waals surface area contributed by atoms with Crippen LogP contribution in [0, 0.1) is 5.82 Å². The van der Waals surface area contributed by atoms with Gasteiger partial charge in [-0.05, 0) is 64.8 Å². The summed E-state index contributed by atoms with van der Waals surface area (Å²) in [4.78, 5) is 16.8. The molecule has 0 spiro atoms. The van der Waals surface area contributed by atoms with Crippen molar-refractivity contribution in [1.82, 2.24) is 20.4 Å². The van der Waals surface area contributed by atoms with E-state index in [0.717, 1.165) is 25.9 Å². The summed E-state index contributed by atoms with van der Waals surface area (Å²) in [5, 5.41) is 15.2. The summed E-state index contributed by atoms with van der Waals surface area (Å²) in [6.45, 7) is 2.29. The van der Waals surface area contributed by atoms with Crippen molar-refractivity contribution in [2.75, 3.05) is 47.4 Å². The smallest absolute Gasteiger partial charge is 0.315 e. The first-order chi connectivity index (χ1) is 11.9. The van der Waals surface area contributed by atoms with Crippen molar-refractivity contribution < 1.29 is 14.3 Å². The van der Waals surface area contributed by atoms with Crippen molar-refractivity contribution >= 4 is 6.03 Å². The van der Waals surface area contributed by atoms with Crippen LogP contribution in [0.5, 0.6) is 0 Å². The van der Waals surface area contributed by atoms with E-state index in [1.807, 2.05) is 14.1 Å². The van der Waals surface area contributed by atoms with Gasteiger partial charge in [0.25, 0.3) is 0 Å². The van der Waals surface area contributed by atoms with Crippen molar-refractivity contribution in [3.05, 3.63) is 35.6 Å². The van der Waals surface area contributed by atoms with Crippen LogP contribution in [0.1, 0.15) is 24.4 Å². The lowest BCUT2D eigenvalue weighted by molar-refractivity contribution is 0.0677. The maximum Gasteiger partial charge on any atom is 0.315 e. The highest BCUT2D eigenvalue weighted by Crippen LogP contribution is 2.25. The molecule has 1 heterocycles. The molecular weight excluding hydrogens is 323 g/mol. The van der Waals surface area contributed by atoms with Gasteiger partial charge in [-0.1, -0.05) is 12.1 Å². The first-order valence-corrected chi connectivity index (χ1v) is 8.63. The zero-order valence-corrected chi connectivity index (χ0v) is 15.3. The van der Waals surface area contributed by atoms with E-state index in [1.165, 1.54) is 12.1 Å². The van der Waals surface area contributed by atoms with Crippen LogP contribution < -0.4 is 10.6 Å². The first-order valence-electron chi connectivity index (χ1n) is 8.63. The SMILES string of the molecule is CN1CCC(CNC(=O)N[C@@H](CO)c2ccc(F)cc2)(N(C)C)CC1. The number of likely N-dealkylation sites (tertiary alicyclic amines) is 1. The predicted molar refractivity (Wildman–Crippen MR) is 95.9 cm³/mol. The molecule has 0 aliphatic carbocycles. The molecule has 0 saturated carbocycles. The quantitative estimate of drug-likeness (QED) is 0.719. The molecule has 1 saturated heterocycles. The van der Waals surface area contributed by atoms with E-state index in [4.69, 9.17) is 0 Å². The molecular formula is C18H29FN4O2. The molecule has 1 aromatic carbocycles. The Balaban J connectivity index is 1.92. The van der Waals surface area contributed by atoms with Crippen LogP contribution in [0.3, 0.4) is 0 Å². The molecule has 1 aliphatic heterocycles. The average molecular weight is 352 g/mol. The molecule has 0 unspecified atom stereocenters. The van der Waals surface area contributed by atoms with Gasteiger partial charge in [0.1, 0.15) is 5.82 Å². The molecule has 2 amide bonds. The van der Waals surface area contributed by atoms with Gasteiger partial charge in [-0.25, -0.2) is 9.18 Å². The van der Waals surface area contributed by atoms with Crippen LogP contribution in [-0.2, 0) is 0 Å². The number of amides is 2. The van der Waals surface area contributed by atoms with Gasteiger partial charge in [0.15, 0.2) is 0 Å². The zero-order valence-electron chi connectivity index (χ0n) is 15.3. The van der Waals surface area contributed by atoms with Gasteiger partial charge in [0.2, 0.25) is 0 Å². The molecule has 0 aromatic heterocycles. The number of aliphatic hydroxyl groups is 1. The fourth-order valence-electron chi connectivity index (χ4n) is 3.20. The number of hydrogen-bond donors (Lipinski definition) is 3. The molecule has 0 bridgehead atoms. The van der Waals surface area contributed by atoms with Crippen molar-refractivity contribution in [1.29, 1.82) is 0 Å². The summed E-state index contributed by atoms with van der Waals surface area (Å²) < 4.78 is 13.0. The van der Waals surface area contributed by atoms with Gasteiger partial charge >= 0.3 is 6.03 Å². The summed E-state index contributed by atoms with van der Waals surface area (Å²) >= 11 is 0. The molecule has 6 nitrogen and oxygen atoms in total. The molecule has 0 radical (unpaired) electrons. The molecule has 2 rings (SSSR count). The minimum Gasteiger partial charge on any atom is -0.394 e. The number of carbonyl (C=O) groups is 1. The van der Waals surface area contributed by atoms with Crippen LogP contribution in [0.25, 0.3) is 0 Å². The number of piperidine rings is 1. The van der Waals surface area contributed by atoms with Gasteiger partial charge < -0.3 is 25.5 Å². The minimum atomic E-state index is -0.562. The van der Waals surface area contributed by atoms with E-state index in [1.54, 1.807) is 12.1 Å². The standard InChI is InChI=1S/C18H29FN4O2/c1-22(2)18(8-10-23(3)11-9-18)13-20-17(25)21-16(12-24)14-4-6-15(19)7-5-14/h4-7,16,24H,8-13H2,1-3H3,(H2,20,21,25)/t16-/m0/s1. The van der Waals surface area contributed by atoms with E-state index >= 15 is 0 Å². The maximum absolute atomic E-state index is 13.0. The third-order valence-corrected chi connectivity index (χ3v) is 5.20. The van der Waals surface area contributed by atoms with E-state index in [-0.39, 0.29) is 24.0 Å². The second kappa shape index (κ2) is 8.60. The summed E-state index contributed by atoms with van der Waals surface area (Å²) in [5.74, 6) is -0.347. The zero-order chi connectivity index (χ0) is 18.4. The number of nitrogens with zero attached hydrogens (tertiary/aromatic N) is 2. The number of halogens is 1. The lowest BCUT2D eigenvalue weighted by atomic mass is 9.86. The Hall–Kier alpha value is -1.70. The molecule has 7 heteroatoms. The summed E-state index contributed by atoms with van der Waals surface area (Å²) in [6, 6.07) is 4.87. The number of benzene rings is 1. The lowest BCUT2D eigenvalue weighted by Gasteiger charge is -2.45.